The fourth-order valence-corrected chi connectivity index (χ4v) is 5.54. The van der Waals surface area contributed by atoms with Crippen LogP contribution < -0.4 is 10.1 Å². The molecule has 2 aliphatic carbocycles. The molecule has 0 bridgehead atoms. The Hall–Kier alpha value is -2.34. The van der Waals surface area contributed by atoms with Crippen molar-refractivity contribution in [3.05, 3.63) is 40.3 Å². The largest absolute Gasteiger partial charge is 0.497 e. The van der Waals surface area contributed by atoms with Crippen molar-refractivity contribution in [1.29, 1.82) is 0 Å². The molecule has 0 saturated heterocycles. The van der Waals surface area contributed by atoms with Gasteiger partial charge in [-0.1, -0.05) is 19.3 Å². The van der Waals surface area contributed by atoms with Gasteiger partial charge in [0.05, 0.1) is 7.11 Å². The molecule has 1 heterocycles. The van der Waals surface area contributed by atoms with E-state index < -0.39 is 12.1 Å². The van der Waals surface area contributed by atoms with E-state index in [0.717, 1.165) is 29.0 Å². The molecule has 2 aliphatic rings. The van der Waals surface area contributed by atoms with E-state index in [1.165, 1.54) is 54.6 Å². The molecule has 1 amide bonds. The average molecular weight is 428 g/mol. The van der Waals surface area contributed by atoms with Crippen molar-refractivity contribution < 1.29 is 19.1 Å². The fourth-order valence-electron chi connectivity index (χ4n) is 4.39. The Morgan fingerprint density at radius 3 is 2.67 bits per heavy atom. The van der Waals surface area contributed by atoms with Crippen LogP contribution in [-0.2, 0) is 22.4 Å². The summed E-state index contributed by atoms with van der Waals surface area (Å²) in [5, 5.41) is 2.96. The van der Waals surface area contributed by atoms with Crippen molar-refractivity contribution in [1.82, 2.24) is 5.32 Å². The number of carbonyl (C=O) groups excluding carboxylic acids is 2. The summed E-state index contributed by atoms with van der Waals surface area (Å²) in [5.41, 5.74) is 3.55. The number of ether oxygens (including phenoxy) is 2. The number of hydrogen-bond donors (Lipinski definition) is 1. The van der Waals surface area contributed by atoms with Gasteiger partial charge in [-0.15, -0.1) is 11.3 Å². The van der Waals surface area contributed by atoms with Crippen molar-refractivity contribution >= 4 is 23.2 Å². The lowest BCUT2D eigenvalue weighted by Gasteiger charge is -2.22. The summed E-state index contributed by atoms with van der Waals surface area (Å²) in [6.45, 7) is 2.32. The van der Waals surface area contributed by atoms with Crippen LogP contribution in [0.15, 0.2) is 24.3 Å². The molecule has 1 saturated carbocycles. The van der Waals surface area contributed by atoms with E-state index in [1.54, 1.807) is 14.0 Å². The smallest absolute Gasteiger partial charge is 0.349 e. The van der Waals surface area contributed by atoms with Crippen molar-refractivity contribution in [3.63, 3.8) is 0 Å². The van der Waals surface area contributed by atoms with E-state index in [2.05, 4.69) is 17.4 Å². The van der Waals surface area contributed by atoms with Crippen LogP contribution in [0.2, 0.25) is 0 Å². The van der Waals surface area contributed by atoms with Gasteiger partial charge in [0.1, 0.15) is 10.6 Å². The molecule has 1 aromatic heterocycles. The normalized spacial score (nSPS) is 16.9. The quantitative estimate of drug-likeness (QED) is 0.675. The molecule has 5 nitrogen and oxygen atoms in total. The summed E-state index contributed by atoms with van der Waals surface area (Å²) >= 11 is 1.44. The first-order chi connectivity index (χ1) is 14.5. The summed E-state index contributed by atoms with van der Waals surface area (Å²) < 4.78 is 10.8. The third-order valence-corrected chi connectivity index (χ3v) is 7.36. The van der Waals surface area contributed by atoms with Gasteiger partial charge in [-0.3, -0.25) is 4.79 Å². The fraction of sp³-hybridized carbons (Fsp3) is 0.500. The zero-order valence-electron chi connectivity index (χ0n) is 17.7. The summed E-state index contributed by atoms with van der Waals surface area (Å²) in [7, 11) is 1.67. The molecule has 6 heteroatoms. The van der Waals surface area contributed by atoms with Crippen LogP contribution in [0.4, 0.5) is 0 Å². The van der Waals surface area contributed by atoms with Gasteiger partial charge in [-0.2, -0.15) is 0 Å². The zero-order chi connectivity index (χ0) is 21.1. The third-order valence-electron chi connectivity index (χ3n) is 6.17. The molecule has 1 aromatic carbocycles. The molecule has 1 N–H and O–H groups in total. The first-order valence-corrected chi connectivity index (χ1v) is 11.7. The number of thiophene rings is 1. The van der Waals surface area contributed by atoms with Gasteiger partial charge in [-0.05, 0) is 79.5 Å². The van der Waals surface area contributed by atoms with Gasteiger partial charge in [0.2, 0.25) is 0 Å². The minimum Gasteiger partial charge on any atom is -0.497 e. The van der Waals surface area contributed by atoms with Crippen LogP contribution in [-0.4, -0.2) is 31.6 Å². The van der Waals surface area contributed by atoms with Crippen LogP contribution >= 0.6 is 11.3 Å². The number of carbonyl (C=O) groups is 2. The van der Waals surface area contributed by atoms with Gasteiger partial charge in [-0.25, -0.2) is 4.79 Å². The predicted molar refractivity (Wildman–Crippen MR) is 118 cm³/mol. The summed E-state index contributed by atoms with van der Waals surface area (Å²) in [6, 6.07) is 7.99. The highest BCUT2D eigenvalue weighted by Gasteiger charge is 2.25. The van der Waals surface area contributed by atoms with Crippen LogP contribution in [0.25, 0.3) is 10.4 Å². The number of aryl methyl sites for hydroxylation is 2. The predicted octanol–water partition coefficient (Wildman–Crippen LogP) is 4.76. The average Bonchev–Trinajstić information content (AvgIpc) is 3.22. The first-order valence-electron chi connectivity index (χ1n) is 10.8. The summed E-state index contributed by atoms with van der Waals surface area (Å²) in [5.74, 6) is 0.757. The Bertz CT molecular complexity index is 929. The number of nitrogens with one attached hydrogen (secondary N) is 1. The Labute approximate surface area is 181 Å². The maximum Gasteiger partial charge on any atom is 0.349 e. The molecule has 0 radical (unpaired) electrons. The van der Waals surface area contributed by atoms with E-state index in [4.69, 9.17) is 9.47 Å². The Balaban J connectivity index is 1.38. The van der Waals surface area contributed by atoms with Gasteiger partial charge < -0.3 is 14.8 Å². The number of methoxy groups -OCH3 is 1. The highest BCUT2D eigenvalue weighted by molar-refractivity contribution is 7.17. The van der Waals surface area contributed by atoms with Crippen molar-refractivity contribution in [2.24, 2.45) is 5.92 Å². The van der Waals surface area contributed by atoms with Gasteiger partial charge in [0.25, 0.3) is 5.91 Å². The molecule has 160 valence electrons. The zero-order valence-corrected chi connectivity index (χ0v) is 18.5. The van der Waals surface area contributed by atoms with E-state index in [1.807, 2.05) is 12.1 Å². The van der Waals surface area contributed by atoms with Gasteiger partial charge in [0, 0.05) is 11.4 Å². The lowest BCUT2D eigenvalue weighted by Crippen LogP contribution is -2.38. The molecule has 2 aromatic rings. The highest BCUT2D eigenvalue weighted by atomic mass is 32.1. The van der Waals surface area contributed by atoms with Crippen LogP contribution in [0.3, 0.4) is 0 Å². The Morgan fingerprint density at radius 1 is 1.13 bits per heavy atom. The number of amides is 1. The molecule has 0 spiro atoms. The standard InChI is InChI=1S/C24H29NO4S/c1-15(23(26)25-14-16-6-4-3-5-7-16)29-24(27)21-13-18-9-8-17-12-19(28-2)10-11-20(17)22(18)30-21/h10-13,15-16H,3-9,14H2,1-2H3,(H,25,26)/t15-/m1/s1. The maximum absolute atomic E-state index is 12.7. The molecule has 30 heavy (non-hydrogen) atoms. The molecule has 0 unspecified atom stereocenters. The number of rotatable bonds is 6. The second-order valence-electron chi connectivity index (χ2n) is 8.28. The summed E-state index contributed by atoms with van der Waals surface area (Å²) in [4.78, 5) is 26.7. The van der Waals surface area contributed by atoms with E-state index in [0.29, 0.717) is 17.3 Å². The van der Waals surface area contributed by atoms with Crippen LogP contribution in [0.5, 0.6) is 5.75 Å². The number of esters is 1. The van der Waals surface area contributed by atoms with Crippen molar-refractivity contribution in [3.8, 4) is 16.2 Å². The highest BCUT2D eigenvalue weighted by Crippen LogP contribution is 2.41. The van der Waals surface area contributed by atoms with Gasteiger partial charge in [0.15, 0.2) is 6.10 Å². The van der Waals surface area contributed by atoms with E-state index in [9.17, 15) is 9.59 Å². The lowest BCUT2D eigenvalue weighted by molar-refractivity contribution is -0.129. The lowest BCUT2D eigenvalue weighted by atomic mass is 9.89. The Morgan fingerprint density at radius 2 is 1.90 bits per heavy atom. The third kappa shape index (κ3) is 4.53. The summed E-state index contributed by atoms with van der Waals surface area (Å²) in [6.07, 6.45) is 7.12. The number of hydrogen-bond acceptors (Lipinski definition) is 5. The van der Waals surface area contributed by atoms with Crippen molar-refractivity contribution in [2.75, 3.05) is 13.7 Å². The van der Waals surface area contributed by atoms with Crippen molar-refractivity contribution in [2.45, 2.75) is 58.0 Å². The molecular formula is C24H29NO4S. The van der Waals surface area contributed by atoms with E-state index >= 15 is 0 Å². The first kappa shape index (κ1) is 20.9. The Kier molecular flexibility index (Phi) is 6.42. The maximum atomic E-state index is 12.7. The second kappa shape index (κ2) is 9.21. The molecule has 0 aliphatic heterocycles. The minimum absolute atomic E-state index is 0.215. The minimum atomic E-state index is -0.795. The number of fused-ring (bicyclic) bond motifs is 3. The molecule has 4 rings (SSSR count). The van der Waals surface area contributed by atoms with E-state index in [-0.39, 0.29) is 5.91 Å². The number of benzene rings is 1. The molecular weight excluding hydrogens is 398 g/mol. The topological polar surface area (TPSA) is 64.6 Å². The SMILES string of the molecule is COc1ccc2c(c1)CCc1cc(C(=O)O[C@H](C)C(=O)NCC3CCCCC3)sc1-2. The molecule has 1 fully saturated rings. The monoisotopic (exact) mass is 427 g/mol. The molecule has 1 atom stereocenters. The van der Waals surface area contributed by atoms with Crippen LogP contribution in [0, 0.1) is 5.92 Å². The second-order valence-corrected chi connectivity index (χ2v) is 9.34. The van der Waals surface area contributed by atoms with Crippen LogP contribution in [0.1, 0.15) is 59.8 Å². The van der Waals surface area contributed by atoms with Gasteiger partial charge >= 0.3 is 5.97 Å².